The van der Waals surface area contributed by atoms with Gasteiger partial charge < -0.3 is 5.11 Å². The molecule has 17 heavy (non-hydrogen) atoms. The van der Waals surface area contributed by atoms with Crippen LogP contribution in [0.4, 0.5) is 0 Å². The molecule has 0 radical (unpaired) electrons. The third kappa shape index (κ3) is 1.85. The van der Waals surface area contributed by atoms with Crippen LogP contribution in [0.3, 0.4) is 0 Å². The monoisotopic (exact) mass is 231 g/mol. The van der Waals surface area contributed by atoms with Crippen LogP contribution in [0.5, 0.6) is 5.75 Å². The molecule has 1 heterocycles. The summed E-state index contributed by atoms with van der Waals surface area (Å²) in [4.78, 5) is 2.65. The average Bonchev–Trinajstić information content (AvgIpc) is 2.73. The lowest BCUT2D eigenvalue weighted by Gasteiger charge is -2.33. The minimum atomic E-state index is 0.429. The van der Waals surface area contributed by atoms with Gasteiger partial charge in [0.2, 0.25) is 0 Å². The fraction of sp³-hybridized carbons (Fsp3) is 0.600. The fourth-order valence-electron chi connectivity index (χ4n) is 3.69. The number of aromatic hydroxyl groups is 1. The van der Waals surface area contributed by atoms with Crippen molar-refractivity contribution in [3.63, 3.8) is 0 Å². The molecular weight excluding hydrogens is 210 g/mol. The molecule has 1 aliphatic heterocycles. The van der Waals surface area contributed by atoms with Crippen molar-refractivity contribution < 1.29 is 5.11 Å². The lowest BCUT2D eigenvalue weighted by atomic mass is 9.79. The number of nitrogens with zero attached hydrogens (tertiary/aromatic N) is 1. The molecule has 92 valence electrons. The van der Waals surface area contributed by atoms with E-state index in [1.54, 1.807) is 0 Å². The number of phenolic OH excluding ortho intramolecular Hbond substituents is 1. The molecule has 0 unspecified atom stereocenters. The van der Waals surface area contributed by atoms with Crippen LogP contribution >= 0.6 is 0 Å². The van der Waals surface area contributed by atoms with Crippen molar-refractivity contribution in [2.45, 2.75) is 44.6 Å². The summed E-state index contributed by atoms with van der Waals surface area (Å²) in [7, 11) is 0. The molecule has 2 nitrogen and oxygen atoms in total. The predicted molar refractivity (Wildman–Crippen MR) is 69.4 cm³/mol. The van der Waals surface area contributed by atoms with Gasteiger partial charge in [-0.15, -0.1) is 0 Å². The Morgan fingerprint density at radius 2 is 2.24 bits per heavy atom. The maximum atomic E-state index is 9.66. The quantitative estimate of drug-likeness (QED) is 0.846. The zero-order valence-corrected chi connectivity index (χ0v) is 10.5. The molecule has 0 saturated carbocycles. The van der Waals surface area contributed by atoms with Crippen molar-refractivity contribution in [1.29, 1.82) is 0 Å². The number of benzene rings is 1. The minimum absolute atomic E-state index is 0.429. The predicted octanol–water partition coefficient (Wildman–Crippen LogP) is 2.91. The fourth-order valence-corrected chi connectivity index (χ4v) is 3.69. The molecule has 3 rings (SSSR count). The number of aryl methyl sites for hydroxylation is 1. The first-order valence-electron chi connectivity index (χ1n) is 6.85. The molecular formula is C15H21NO. The highest BCUT2D eigenvalue weighted by atomic mass is 16.3. The summed E-state index contributed by atoms with van der Waals surface area (Å²) >= 11 is 0. The molecule has 1 aliphatic carbocycles. The lowest BCUT2D eigenvalue weighted by molar-refractivity contribution is 0.227. The lowest BCUT2D eigenvalue weighted by Crippen LogP contribution is -2.35. The Morgan fingerprint density at radius 1 is 1.35 bits per heavy atom. The summed E-state index contributed by atoms with van der Waals surface area (Å²) in [5, 5.41) is 9.66. The van der Waals surface area contributed by atoms with E-state index in [4.69, 9.17) is 0 Å². The van der Waals surface area contributed by atoms with Gasteiger partial charge in [0.05, 0.1) is 0 Å². The van der Waals surface area contributed by atoms with Gasteiger partial charge in [-0.25, -0.2) is 0 Å². The standard InChI is InChI=1S/C15H21NO/c1-2-8-16-9-7-13-14-10-12(17)5-3-11(14)4-6-15(13)16/h3,5,10,13,15,17H,2,4,6-9H2,1H3/t13-,15-/m0/s1. The van der Waals surface area contributed by atoms with Gasteiger partial charge in [-0.3, -0.25) is 4.90 Å². The molecule has 1 N–H and O–H groups in total. The van der Waals surface area contributed by atoms with Crippen LogP contribution in [0.15, 0.2) is 18.2 Å². The largest absolute Gasteiger partial charge is 0.508 e. The molecule has 1 saturated heterocycles. The van der Waals surface area contributed by atoms with Crippen molar-refractivity contribution in [3.05, 3.63) is 29.3 Å². The summed E-state index contributed by atoms with van der Waals surface area (Å²) in [5.41, 5.74) is 2.88. The number of hydrogen-bond donors (Lipinski definition) is 1. The van der Waals surface area contributed by atoms with Crippen LogP contribution in [0.25, 0.3) is 0 Å². The Hall–Kier alpha value is -1.02. The van der Waals surface area contributed by atoms with Crippen LogP contribution < -0.4 is 0 Å². The average molecular weight is 231 g/mol. The molecule has 0 spiro atoms. The summed E-state index contributed by atoms with van der Waals surface area (Å²) in [5.74, 6) is 1.09. The van der Waals surface area contributed by atoms with Gasteiger partial charge in [0.25, 0.3) is 0 Å². The Bertz CT molecular complexity index is 415. The summed E-state index contributed by atoms with van der Waals surface area (Å²) in [6, 6.07) is 6.67. The Morgan fingerprint density at radius 3 is 3.06 bits per heavy atom. The highest BCUT2D eigenvalue weighted by molar-refractivity contribution is 5.40. The van der Waals surface area contributed by atoms with Gasteiger partial charge >= 0.3 is 0 Å². The van der Waals surface area contributed by atoms with Crippen LogP contribution in [0.1, 0.15) is 43.2 Å². The van der Waals surface area contributed by atoms with E-state index in [9.17, 15) is 5.11 Å². The highest BCUT2D eigenvalue weighted by Gasteiger charge is 2.37. The van der Waals surface area contributed by atoms with E-state index in [-0.39, 0.29) is 0 Å². The van der Waals surface area contributed by atoms with E-state index >= 15 is 0 Å². The first kappa shape index (κ1) is 11.1. The first-order valence-corrected chi connectivity index (χ1v) is 6.85. The van der Waals surface area contributed by atoms with Crippen molar-refractivity contribution in [2.24, 2.45) is 0 Å². The minimum Gasteiger partial charge on any atom is -0.508 e. The van der Waals surface area contributed by atoms with E-state index in [0.717, 1.165) is 6.04 Å². The van der Waals surface area contributed by atoms with Crippen molar-refractivity contribution >= 4 is 0 Å². The van der Waals surface area contributed by atoms with E-state index in [0.29, 0.717) is 11.7 Å². The van der Waals surface area contributed by atoms with Gasteiger partial charge in [-0.05, 0) is 62.0 Å². The summed E-state index contributed by atoms with van der Waals surface area (Å²) < 4.78 is 0. The van der Waals surface area contributed by atoms with Crippen LogP contribution in [0.2, 0.25) is 0 Å². The zero-order chi connectivity index (χ0) is 11.8. The number of fused-ring (bicyclic) bond motifs is 3. The van der Waals surface area contributed by atoms with Crippen LogP contribution in [-0.4, -0.2) is 29.1 Å². The third-order valence-electron chi connectivity index (χ3n) is 4.41. The molecule has 1 fully saturated rings. The third-order valence-corrected chi connectivity index (χ3v) is 4.41. The number of phenols is 1. The molecule has 1 aromatic rings. The molecule has 1 aromatic carbocycles. The van der Waals surface area contributed by atoms with Gasteiger partial charge in [-0.1, -0.05) is 13.0 Å². The van der Waals surface area contributed by atoms with Gasteiger partial charge in [0, 0.05) is 12.0 Å². The molecule has 2 heteroatoms. The Kier molecular flexibility index (Phi) is 2.83. The van der Waals surface area contributed by atoms with Crippen molar-refractivity contribution in [1.82, 2.24) is 4.90 Å². The number of rotatable bonds is 2. The smallest absolute Gasteiger partial charge is 0.115 e. The van der Waals surface area contributed by atoms with Crippen molar-refractivity contribution in [3.8, 4) is 5.75 Å². The molecule has 0 aromatic heterocycles. The van der Waals surface area contributed by atoms with Crippen molar-refractivity contribution in [2.75, 3.05) is 13.1 Å². The highest BCUT2D eigenvalue weighted by Crippen LogP contribution is 2.42. The molecule has 2 aliphatic rings. The van der Waals surface area contributed by atoms with E-state index in [2.05, 4.69) is 17.9 Å². The second-order valence-corrected chi connectivity index (χ2v) is 5.42. The SMILES string of the molecule is CCCN1CC[C@H]2c3cc(O)ccc3CC[C@@H]21. The zero-order valence-electron chi connectivity index (χ0n) is 10.5. The molecule has 0 bridgehead atoms. The second-order valence-electron chi connectivity index (χ2n) is 5.42. The number of likely N-dealkylation sites (tertiary alicyclic amines) is 1. The van der Waals surface area contributed by atoms with Gasteiger partial charge in [0.1, 0.15) is 5.75 Å². The van der Waals surface area contributed by atoms with E-state index < -0.39 is 0 Å². The first-order chi connectivity index (χ1) is 8.29. The van der Waals surface area contributed by atoms with Crippen LogP contribution in [0, 0.1) is 0 Å². The maximum Gasteiger partial charge on any atom is 0.115 e. The van der Waals surface area contributed by atoms with E-state index in [1.165, 1.54) is 49.9 Å². The maximum absolute atomic E-state index is 9.66. The Labute approximate surface area is 103 Å². The van der Waals surface area contributed by atoms with E-state index in [1.807, 2.05) is 12.1 Å². The van der Waals surface area contributed by atoms with Crippen LogP contribution in [-0.2, 0) is 6.42 Å². The number of hydrogen-bond acceptors (Lipinski definition) is 2. The summed E-state index contributed by atoms with van der Waals surface area (Å²) in [6.45, 7) is 4.73. The normalized spacial score (nSPS) is 27.8. The van der Waals surface area contributed by atoms with Gasteiger partial charge in [0.15, 0.2) is 0 Å². The topological polar surface area (TPSA) is 23.5 Å². The Balaban J connectivity index is 1.90. The summed E-state index contributed by atoms with van der Waals surface area (Å²) in [6.07, 6.45) is 4.98. The molecule has 0 amide bonds. The van der Waals surface area contributed by atoms with Gasteiger partial charge in [-0.2, -0.15) is 0 Å². The molecule has 2 atom stereocenters. The second kappa shape index (κ2) is 4.34.